The number of nitrogens with zero attached hydrogens (tertiary/aromatic N) is 2. The second-order valence-corrected chi connectivity index (χ2v) is 12.1. The molecule has 1 aromatic carbocycles. The third kappa shape index (κ3) is 6.19. The highest BCUT2D eigenvalue weighted by atomic mass is 16.7. The summed E-state index contributed by atoms with van der Waals surface area (Å²) in [5.41, 5.74) is 7.31. The molecule has 3 aliphatic heterocycles. The molecule has 3 N–H and O–H groups in total. The number of carbonyl (C=O) groups excluding carboxylic acids is 2. The van der Waals surface area contributed by atoms with Crippen LogP contribution in [0.2, 0.25) is 0 Å². The summed E-state index contributed by atoms with van der Waals surface area (Å²) in [6, 6.07) is 8.80. The number of fused-ring (bicyclic) bond motifs is 2. The fraction of sp³-hybridized carbons (Fsp3) is 0.724. The summed E-state index contributed by atoms with van der Waals surface area (Å²) in [6.07, 6.45) is 7.30. The smallest absolute Gasteiger partial charge is 0.254 e. The van der Waals surface area contributed by atoms with Gasteiger partial charge < -0.3 is 25.2 Å². The summed E-state index contributed by atoms with van der Waals surface area (Å²) < 4.78 is 11.6. The lowest BCUT2D eigenvalue weighted by Crippen LogP contribution is -2.50. The second kappa shape index (κ2) is 11.0. The molecular formula is C29H43N3O5. The first-order valence-electron chi connectivity index (χ1n) is 14.1. The number of benzene rings is 1. The average molecular weight is 514 g/mol. The average Bonchev–Trinajstić information content (AvgIpc) is 3.35. The van der Waals surface area contributed by atoms with Gasteiger partial charge in [-0.05, 0) is 94.7 Å². The van der Waals surface area contributed by atoms with Crippen molar-refractivity contribution in [2.24, 2.45) is 11.7 Å². The van der Waals surface area contributed by atoms with Crippen LogP contribution >= 0.6 is 0 Å². The third-order valence-corrected chi connectivity index (χ3v) is 9.05. The van der Waals surface area contributed by atoms with Gasteiger partial charge in [0.1, 0.15) is 0 Å². The molecule has 4 fully saturated rings. The standard InChI is InChI=1S/C29H43N3O5/c1-29(2)36-18-26(37-29)28(35)31(17-19-6-10-25(33)11-7-19)12-13-32-23-8-9-24(32)16-22(15-23)20-4-3-5-21(14-20)27(30)34/h3-5,14,19,22-26,33H,6-13,15-18H2,1-2H3,(H2,30,34)/t19-,22?,23?,24?,25-,26-/m0/s1. The van der Waals surface area contributed by atoms with Crippen molar-refractivity contribution in [1.82, 2.24) is 9.80 Å². The van der Waals surface area contributed by atoms with Gasteiger partial charge in [-0.25, -0.2) is 0 Å². The predicted molar refractivity (Wildman–Crippen MR) is 140 cm³/mol. The van der Waals surface area contributed by atoms with Crippen molar-refractivity contribution in [2.45, 2.75) is 101 Å². The molecule has 8 heteroatoms. The molecule has 4 aliphatic rings. The van der Waals surface area contributed by atoms with Crippen LogP contribution in [0.5, 0.6) is 0 Å². The lowest BCUT2D eigenvalue weighted by atomic mass is 9.84. The zero-order valence-electron chi connectivity index (χ0n) is 22.3. The first-order chi connectivity index (χ1) is 17.7. The van der Waals surface area contributed by atoms with Crippen molar-refractivity contribution in [2.75, 3.05) is 26.2 Å². The van der Waals surface area contributed by atoms with Crippen LogP contribution in [0.25, 0.3) is 0 Å². The Balaban J connectivity index is 1.23. The maximum Gasteiger partial charge on any atom is 0.254 e. The van der Waals surface area contributed by atoms with Crippen LogP contribution in [0.4, 0.5) is 0 Å². The predicted octanol–water partition coefficient (Wildman–Crippen LogP) is 3.03. The Morgan fingerprint density at radius 1 is 1.11 bits per heavy atom. The van der Waals surface area contributed by atoms with Crippen molar-refractivity contribution < 1.29 is 24.2 Å². The van der Waals surface area contributed by atoms with E-state index in [1.807, 2.05) is 30.9 Å². The van der Waals surface area contributed by atoms with Crippen molar-refractivity contribution in [3.05, 3.63) is 35.4 Å². The molecule has 1 aromatic rings. The minimum Gasteiger partial charge on any atom is -0.393 e. The van der Waals surface area contributed by atoms with Crippen LogP contribution in [0, 0.1) is 5.92 Å². The third-order valence-electron chi connectivity index (χ3n) is 9.05. The van der Waals surface area contributed by atoms with Gasteiger partial charge in [0.05, 0.1) is 12.7 Å². The molecule has 5 rings (SSSR count). The fourth-order valence-electron chi connectivity index (χ4n) is 7.04. The van der Waals surface area contributed by atoms with Gasteiger partial charge >= 0.3 is 0 Å². The quantitative estimate of drug-likeness (QED) is 0.554. The van der Waals surface area contributed by atoms with E-state index in [2.05, 4.69) is 11.0 Å². The number of rotatable bonds is 8. The Morgan fingerprint density at radius 2 is 1.81 bits per heavy atom. The molecule has 37 heavy (non-hydrogen) atoms. The summed E-state index contributed by atoms with van der Waals surface area (Å²) in [5, 5.41) is 9.94. The van der Waals surface area contributed by atoms with E-state index in [4.69, 9.17) is 15.2 Å². The molecule has 3 atom stereocenters. The fourth-order valence-corrected chi connectivity index (χ4v) is 7.04. The van der Waals surface area contributed by atoms with Crippen molar-refractivity contribution >= 4 is 11.8 Å². The summed E-state index contributed by atoms with van der Waals surface area (Å²) in [7, 11) is 0. The number of ether oxygens (including phenoxy) is 2. The summed E-state index contributed by atoms with van der Waals surface area (Å²) in [4.78, 5) is 29.9. The Bertz CT molecular complexity index is 962. The van der Waals surface area contributed by atoms with Gasteiger partial charge in [-0.1, -0.05) is 12.1 Å². The van der Waals surface area contributed by atoms with Gasteiger partial charge in [0.25, 0.3) is 5.91 Å². The molecule has 8 nitrogen and oxygen atoms in total. The monoisotopic (exact) mass is 513 g/mol. The van der Waals surface area contributed by atoms with E-state index in [1.54, 1.807) is 6.07 Å². The summed E-state index contributed by atoms with van der Waals surface area (Å²) >= 11 is 0. The van der Waals surface area contributed by atoms with Crippen molar-refractivity contribution in [3.63, 3.8) is 0 Å². The Morgan fingerprint density at radius 3 is 2.43 bits per heavy atom. The van der Waals surface area contributed by atoms with E-state index in [0.717, 1.165) is 51.6 Å². The Hall–Kier alpha value is -2.00. The number of aliphatic hydroxyl groups is 1. The van der Waals surface area contributed by atoms with Gasteiger partial charge in [0.15, 0.2) is 11.9 Å². The number of nitrogens with two attached hydrogens (primary N) is 1. The first-order valence-corrected chi connectivity index (χ1v) is 14.1. The molecule has 1 aliphatic carbocycles. The number of aliphatic hydroxyl groups excluding tert-OH is 1. The maximum atomic E-state index is 13.6. The maximum absolute atomic E-state index is 13.6. The van der Waals surface area contributed by atoms with E-state index >= 15 is 0 Å². The van der Waals surface area contributed by atoms with Crippen LogP contribution in [0.1, 0.15) is 87.1 Å². The normalized spacial score (nSPS) is 33.4. The lowest BCUT2D eigenvalue weighted by molar-refractivity contribution is -0.161. The SMILES string of the molecule is CC1(C)OC[C@@H](C(=O)N(CCN2C3CCC2CC(c2cccc(C(N)=O)c2)C3)C[C@H]2CC[C@H](O)CC2)O1. The minimum atomic E-state index is -0.728. The molecular weight excluding hydrogens is 470 g/mol. The van der Waals surface area contributed by atoms with Crippen LogP contribution in [-0.4, -0.2) is 83.0 Å². The van der Waals surface area contributed by atoms with Gasteiger partial charge in [-0.15, -0.1) is 0 Å². The number of primary amides is 1. The number of hydrogen-bond acceptors (Lipinski definition) is 6. The van der Waals surface area contributed by atoms with Crippen molar-refractivity contribution in [1.29, 1.82) is 0 Å². The van der Waals surface area contributed by atoms with E-state index in [-0.39, 0.29) is 17.9 Å². The number of amides is 2. The molecule has 0 radical (unpaired) electrons. The molecule has 0 aromatic heterocycles. The summed E-state index contributed by atoms with van der Waals surface area (Å²) in [5.74, 6) is -0.219. The van der Waals surface area contributed by atoms with Crippen molar-refractivity contribution in [3.8, 4) is 0 Å². The van der Waals surface area contributed by atoms with Gasteiger partial charge in [0, 0.05) is 37.3 Å². The number of hydrogen-bond donors (Lipinski definition) is 2. The van der Waals surface area contributed by atoms with Crippen LogP contribution < -0.4 is 5.73 Å². The van der Waals surface area contributed by atoms with Gasteiger partial charge in [0.2, 0.25) is 5.91 Å². The molecule has 204 valence electrons. The Kier molecular flexibility index (Phi) is 7.91. The van der Waals surface area contributed by atoms with E-state index in [1.165, 1.54) is 18.4 Å². The highest BCUT2D eigenvalue weighted by Gasteiger charge is 2.43. The minimum absolute atomic E-state index is 0.0298. The highest BCUT2D eigenvalue weighted by Crippen LogP contribution is 2.43. The molecule has 1 saturated carbocycles. The van der Waals surface area contributed by atoms with Crippen LogP contribution in [0.15, 0.2) is 24.3 Å². The van der Waals surface area contributed by atoms with Crippen LogP contribution in [-0.2, 0) is 14.3 Å². The van der Waals surface area contributed by atoms with E-state index < -0.39 is 11.9 Å². The van der Waals surface area contributed by atoms with Gasteiger partial charge in [-0.2, -0.15) is 0 Å². The zero-order chi connectivity index (χ0) is 26.2. The van der Waals surface area contributed by atoms with E-state index in [0.29, 0.717) is 42.6 Å². The first kappa shape index (κ1) is 26.6. The number of piperidine rings is 1. The molecule has 3 heterocycles. The van der Waals surface area contributed by atoms with Gasteiger partial charge in [-0.3, -0.25) is 14.5 Å². The highest BCUT2D eigenvalue weighted by molar-refractivity contribution is 5.92. The van der Waals surface area contributed by atoms with Crippen LogP contribution in [0.3, 0.4) is 0 Å². The largest absolute Gasteiger partial charge is 0.393 e. The molecule has 2 bridgehead atoms. The van der Waals surface area contributed by atoms with E-state index in [9.17, 15) is 14.7 Å². The molecule has 2 amide bonds. The lowest BCUT2D eigenvalue weighted by Gasteiger charge is -2.41. The second-order valence-electron chi connectivity index (χ2n) is 12.1. The summed E-state index contributed by atoms with van der Waals surface area (Å²) in [6.45, 7) is 6.28. The zero-order valence-corrected chi connectivity index (χ0v) is 22.3. The molecule has 0 spiro atoms. The Labute approximate surface area is 220 Å². The molecule has 2 unspecified atom stereocenters. The molecule has 3 saturated heterocycles. The number of carbonyl (C=O) groups is 2. The topological polar surface area (TPSA) is 105 Å².